The first kappa shape index (κ1) is 47.7. The summed E-state index contributed by atoms with van der Waals surface area (Å²) in [6.45, 7) is 3.49. The molecule has 68 heavy (non-hydrogen) atoms. The number of halogens is 4. The number of ether oxygens (including phenoxy) is 4. The number of aliphatic hydroxyl groups is 2. The van der Waals surface area contributed by atoms with Gasteiger partial charge in [-0.2, -0.15) is 0 Å². The number of benzene rings is 4. The summed E-state index contributed by atoms with van der Waals surface area (Å²) in [6.07, 6.45) is 12.2. The van der Waals surface area contributed by atoms with Crippen LogP contribution in [0.25, 0.3) is 21.8 Å². The minimum atomic E-state index is -0.539. The molecule has 4 heterocycles. The Labute approximate surface area is 403 Å². The van der Waals surface area contributed by atoms with Gasteiger partial charge in [-0.25, -0.2) is 28.7 Å². The van der Waals surface area contributed by atoms with E-state index in [0.29, 0.717) is 68.5 Å². The van der Waals surface area contributed by atoms with Crippen molar-refractivity contribution >= 4 is 68.0 Å². The van der Waals surface area contributed by atoms with Gasteiger partial charge in [0.25, 0.3) is 0 Å². The Bertz CT molecular complexity index is 2530. The summed E-state index contributed by atoms with van der Waals surface area (Å²) in [7, 11) is 3.20. The number of nitrogens with zero attached hydrogens (tertiary/aromatic N) is 6. The fourth-order valence-corrected chi connectivity index (χ4v) is 10.3. The molecule has 2 aliphatic heterocycles. The Morgan fingerprint density at radius 2 is 0.971 bits per heavy atom. The fourth-order valence-electron chi connectivity index (χ4n) is 9.90. The summed E-state index contributed by atoms with van der Waals surface area (Å²) in [4.78, 5) is 22.1. The molecule has 0 amide bonds. The number of nitrogens with one attached hydrogen (secondary N) is 2. The molecule has 2 saturated carbocycles. The maximum absolute atomic E-state index is 14.5. The Morgan fingerprint density at radius 3 is 1.34 bits per heavy atom. The molecule has 14 nitrogen and oxygen atoms in total. The summed E-state index contributed by atoms with van der Waals surface area (Å²) in [5.74, 6) is 2.24. The molecule has 4 fully saturated rings. The highest BCUT2D eigenvalue weighted by atomic mass is 35.5. The van der Waals surface area contributed by atoms with Gasteiger partial charge in [0.1, 0.15) is 24.3 Å². The standard InChI is InChI=1S/2C25H28ClFN4O3/c2*1-33-22-12-21-18(25(29-14-28-21)30-20-4-2-3-19(26)24(20)27)11-23(22)34-17-7-5-15(6-8-17)31-10-9-16(32)13-31/h2*2-4,11-12,14-17,32H,5-10,13H2,1H3,(H,28,29,30)/t2*15?,16-,17?/m00/s1. The van der Waals surface area contributed by atoms with Gasteiger partial charge in [-0.05, 0) is 101 Å². The van der Waals surface area contributed by atoms with Crippen LogP contribution in [0.1, 0.15) is 64.2 Å². The van der Waals surface area contributed by atoms with E-state index in [-0.39, 0.29) is 45.8 Å². The Hall–Kier alpha value is -5.36. The minimum absolute atomic E-state index is 0.0353. The van der Waals surface area contributed by atoms with Gasteiger partial charge in [0.15, 0.2) is 34.6 Å². The summed E-state index contributed by atoms with van der Waals surface area (Å²) in [5, 5.41) is 27.2. The molecule has 360 valence electrons. The summed E-state index contributed by atoms with van der Waals surface area (Å²) in [5.41, 5.74) is 1.77. The normalized spacial score (nSPS) is 23.2. The lowest BCUT2D eigenvalue weighted by Crippen LogP contribution is -2.39. The van der Waals surface area contributed by atoms with E-state index in [1.165, 1.54) is 24.8 Å². The second-order valence-electron chi connectivity index (χ2n) is 17.9. The van der Waals surface area contributed by atoms with Gasteiger partial charge >= 0.3 is 0 Å². The molecule has 0 radical (unpaired) electrons. The molecule has 10 rings (SSSR count). The van der Waals surface area contributed by atoms with Gasteiger partial charge in [0.2, 0.25) is 0 Å². The second-order valence-corrected chi connectivity index (χ2v) is 18.7. The highest BCUT2D eigenvalue weighted by Gasteiger charge is 2.33. The number of fused-ring (bicyclic) bond motifs is 2. The molecule has 2 saturated heterocycles. The van der Waals surface area contributed by atoms with E-state index in [1.54, 1.807) is 38.5 Å². The van der Waals surface area contributed by atoms with Crippen LogP contribution in [0.3, 0.4) is 0 Å². The maximum atomic E-state index is 14.5. The van der Waals surface area contributed by atoms with Crippen LogP contribution in [0.2, 0.25) is 10.0 Å². The van der Waals surface area contributed by atoms with Gasteiger partial charge in [-0.15, -0.1) is 0 Å². The number of hydrogen-bond acceptors (Lipinski definition) is 14. The zero-order valence-electron chi connectivity index (χ0n) is 38.0. The number of hydrogen-bond donors (Lipinski definition) is 4. The molecule has 4 aromatic carbocycles. The molecule has 2 atom stereocenters. The van der Waals surface area contributed by atoms with Gasteiger partial charge in [-0.3, -0.25) is 9.80 Å². The van der Waals surface area contributed by atoms with Crippen LogP contribution in [0, 0.1) is 11.6 Å². The van der Waals surface area contributed by atoms with E-state index < -0.39 is 11.6 Å². The molecular weight excluding hydrogens is 918 g/mol. The van der Waals surface area contributed by atoms with E-state index in [4.69, 9.17) is 42.1 Å². The lowest BCUT2D eigenvalue weighted by molar-refractivity contribution is 0.0886. The van der Waals surface area contributed by atoms with Crippen molar-refractivity contribution in [2.75, 3.05) is 51.0 Å². The largest absolute Gasteiger partial charge is 0.493 e. The highest BCUT2D eigenvalue weighted by Crippen LogP contribution is 2.40. The van der Waals surface area contributed by atoms with Crippen LogP contribution in [0.4, 0.5) is 31.8 Å². The SMILES string of the molecule is COc1cc2ncnc(Nc3cccc(Cl)c3F)c2cc1OC1CCC(N2CC[C@H](O)C2)CC1.COc1cc2ncnc(Nc3cccc(Cl)c3F)c2cc1OC1CCC(N2CC[C@H](O)C2)CC1. The molecule has 0 spiro atoms. The maximum Gasteiger partial charge on any atom is 0.165 e. The molecule has 0 unspecified atom stereocenters. The molecule has 2 aliphatic carbocycles. The van der Waals surface area contributed by atoms with Gasteiger partial charge in [0.05, 0.1) is 71.1 Å². The topological polar surface area (TPSA) is 159 Å². The van der Waals surface area contributed by atoms with Crippen molar-refractivity contribution in [2.45, 2.75) is 101 Å². The van der Waals surface area contributed by atoms with Crippen molar-refractivity contribution in [2.24, 2.45) is 0 Å². The molecule has 18 heteroatoms. The van der Waals surface area contributed by atoms with E-state index in [0.717, 1.165) is 90.4 Å². The number of aliphatic hydroxyl groups excluding tert-OH is 2. The lowest BCUT2D eigenvalue weighted by atomic mass is 9.92. The fraction of sp³-hybridized carbons (Fsp3) is 0.440. The summed E-state index contributed by atoms with van der Waals surface area (Å²) < 4.78 is 52.9. The van der Waals surface area contributed by atoms with E-state index in [9.17, 15) is 19.0 Å². The average Bonchev–Trinajstić information content (AvgIpc) is 4.00. The smallest absolute Gasteiger partial charge is 0.165 e. The number of β-amino-alcohol motifs (C(OH)–C–C–N with tert-alkyl or cyclic N) is 2. The molecule has 4 N–H and O–H groups in total. The molecular formula is C50H56Cl2F2N8O6. The monoisotopic (exact) mass is 972 g/mol. The Morgan fingerprint density at radius 1 is 0.559 bits per heavy atom. The van der Waals surface area contributed by atoms with Crippen molar-refractivity contribution in [3.8, 4) is 23.0 Å². The third-order valence-electron chi connectivity index (χ3n) is 13.5. The number of rotatable bonds is 12. The second kappa shape index (κ2) is 21.5. The minimum Gasteiger partial charge on any atom is -0.493 e. The first-order chi connectivity index (χ1) is 33.0. The first-order valence-corrected chi connectivity index (χ1v) is 24.0. The van der Waals surface area contributed by atoms with Crippen LogP contribution in [0.15, 0.2) is 73.3 Å². The summed E-state index contributed by atoms with van der Waals surface area (Å²) >= 11 is 11.9. The quantitative estimate of drug-likeness (QED) is 0.0918. The van der Waals surface area contributed by atoms with Crippen molar-refractivity contribution in [1.29, 1.82) is 0 Å². The molecule has 6 aromatic rings. The summed E-state index contributed by atoms with van der Waals surface area (Å²) in [6, 6.07) is 17.9. The Kier molecular flexibility index (Phi) is 15.1. The van der Waals surface area contributed by atoms with E-state index >= 15 is 0 Å². The van der Waals surface area contributed by atoms with Crippen LogP contribution < -0.4 is 29.6 Å². The van der Waals surface area contributed by atoms with Crippen molar-refractivity contribution < 1.29 is 37.9 Å². The van der Waals surface area contributed by atoms with Gasteiger partial charge in [-0.1, -0.05) is 35.3 Å². The first-order valence-electron chi connectivity index (χ1n) is 23.3. The molecule has 4 aliphatic rings. The van der Waals surface area contributed by atoms with Crippen LogP contribution in [-0.2, 0) is 0 Å². The average molecular weight is 974 g/mol. The number of likely N-dealkylation sites (tertiary alicyclic amines) is 2. The van der Waals surface area contributed by atoms with Crippen LogP contribution in [0.5, 0.6) is 23.0 Å². The predicted molar refractivity (Wildman–Crippen MR) is 259 cm³/mol. The van der Waals surface area contributed by atoms with Gasteiger partial charge in [0, 0.05) is 61.2 Å². The van der Waals surface area contributed by atoms with Crippen molar-refractivity contribution in [1.82, 2.24) is 29.7 Å². The lowest BCUT2D eigenvalue weighted by Gasteiger charge is -2.34. The third kappa shape index (κ3) is 10.9. The van der Waals surface area contributed by atoms with E-state index in [1.807, 2.05) is 24.3 Å². The molecule has 2 aromatic heterocycles. The highest BCUT2D eigenvalue weighted by molar-refractivity contribution is 6.31. The van der Waals surface area contributed by atoms with Crippen LogP contribution in [-0.4, -0.2) is 117 Å². The number of methoxy groups -OCH3 is 2. The van der Waals surface area contributed by atoms with Crippen molar-refractivity contribution in [3.05, 3.63) is 95.0 Å². The van der Waals surface area contributed by atoms with Crippen LogP contribution >= 0.6 is 23.2 Å². The molecule has 0 bridgehead atoms. The predicted octanol–water partition coefficient (Wildman–Crippen LogP) is 9.86. The third-order valence-corrected chi connectivity index (χ3v) is 14.1. The number of aromatic nitrogens is 4. The van der Waals surface area contributed by atoms with Crippen molar-refractivity contribution in [3.63, 3.8) is 0 Å². The number of anilines is 4. The van der Waals surface area contributed by atoms with E-state index in [2.05, 4.69) is 40.4 Å². The Balaban J connectivity index is 0.000000170. The zero-order chi connectivity index (χ0) is 47.3. The zero-order valence-corrected chi connectivity index (χ0v) is 39.5. The van der Waals surface area contributed by atoms with Gasteiger partial charge < -0.3 is 39.8 Å².